The van der Waals surface area contributed by atoms with E-state index in [0.29, 0.717) is 27.6 Å². The highest BCUT2D eigenvalue weighted by molar-refractivity contribution is 7.17. The molecule has 3 aromatic rings. The van der Waals surface area contributed by atoms with Gasteiger partial charge in [0.25, 0.3) is 11.8 Å². The van der Waals surface area contributed by atoms with Crippen LogP contribution in [0.1, 0.15) is 45.0 Å². The van der Waals surface area contributed by atoms with Crippen molar-refractivity contribution in [2.24, 2.45) is 0 Å². The van der Waals surface area contributed by atoms with Crippen LogP contribution in [0.5, 0.6) is 5.75 Å². The molecule has 1 saturated heterocycles. The first-order valence-electron chi connectivity index (χ1n) is 11.4. The number of ketones is 1. The van der Waals surface area contributed by atoms with Gasteiger partial charge >= 0.3 is 11.9 Å². The quantitative estimate of drug-likeness (QED) is 0.188. The molecule has 0 saturated carbocycles. The van der Waals surface area contributed by atoms with Crippen LogP contribution in [-0.2, 0) is 19.1 Å². The van der Waals surface area contributed by atoms with Crippen LogP contribution < -0.4 is 9.64 Å². The van der Waals surface area contributed by atoms with Crippen molar-refractivity contribution in [1.82, 2.24) is 4.98 Å². The normalized spacial score (nSPS) is 15.9. The molecule has 2 heterocycles. The van der Waals surface area contributed by atoms with Crippen LogP contribution in [0.15, 0.2) is 48.0 Å². The number of amides is 1. The maximum Gasteiger partial charge on any atom is 0.350 e. The summed E-state index contributed by atoms with van der Waals surface area (Å²) in [5, 5.41) is 19.3. The number of Topliss-reactive ketones (excluding diaryl/α,β-unsaturated/α-hetero) is 1. The minimum Gasteiger partial charge on any atom is -0.507 e. The van der Waals surface area contributed by atoms with Gasteiger partial charge in [-0.2, -0.15) is 0 Å². The lowest BCUT2D eigenvalue weighted by Crippen LogP contribution is -2.29. The highest BCUT2D eigenvalue weighted by atomic mass is 35.5. The number of hydrogen-bond donors (Lipinski definition) is 2. The second-order valence-electron chi connectivity index (χ2n) is 8.33. The van der Waals surface area contributed by atoms with Gasteiger partial charge in [0.2, 0.25) is 0 Å². The Morgan fingerprint density at radius 1 is 1.05 bits per heavy atom. The highest BCUT2D eigenvalue weighted by Gasteiger charge is 2.48. The molecule has 1 aromatic heterocycles. The molecule has 12 heteroatoms. The summed E-state index contributed by atoms with van der Waals surface area (Å²) in [5.41, 5.74) is 1.89. The van der Waals surface area contributed by atoms with Gasteiger partial charge in [0.1, 0.15) is 16.4 Å². The van der Waals surface area contributed by atoms with Gasteiger partial charge in [0.15, 0.2) is 5.13 Å². The number of anilines is 1. The van der Waals surface area contributed by atoms with E-state index in [1.807, 2.05) is 0 Å². The van der Waals surface area contributed by atoms with Crippen LogP contribution in [0.3, 0.4) is 0 Å². The summed E-state index contributed by atoms with van der Waals surface area (Å²) in [6, 6.07) is 10.5. The number of carboxylic acid groups (broad SMARTS) is 1. The lowest BCUT2D eigenvalue weighted by Gasteiger charge is -2.23. The van der Waals surface area contributed by atoms with Crippen molar-refractivity contribution in [2.75, 3.05) is 19.1 Å². The fourth-order valence-electron chi connectivity index (χ4n) is 3.94. The van der Waals surface area contributed by atoms with E-state index in [1.165, 1.54) is 19.1 Å². The fourth-order valence-corrected chi connectivity index (χ4v) is 5.08. The minimum absolute atomic E-state index is 0.102. The van der Waals surface area contributed by atoms with Crippen molar-refractivity contribution in [2.45, 2.75) is 26.8 Å². The first-order chi connectivity index (χ1) is 18.4. The number of aryl methyl sites for hydroxylation is 2. The van der Waals surface area contributed by atoms with E-state index < -0.39 is 29.7 Å². The van der Waals surface area contributed by atoms with Gasteiger partial charge in [-0.15, -0.1) is 0 Å². The van der Waals surface area contributed by atoms with E-state index in [1.54, 1.807) is 56.3 Å². The molecule has 1 atom stereocenters. The number of carbonyl (C=O) groups is 4. The molecule has 1 fully saturated rings. The molecule has 1 unspecified atom stereocenters. The molecule has 204 valence electrons. The van der Waals surface area contributed by atoms with Gasteiger partial charge in [-0.25, -0.2) is 9.78 Å². The molecular formula is C27H25ClN2O8S. The molecular weight excluding hydrogens is 548 g/mol. The van der Waals surface area contributed by atoms with E-state index >= 15 is 0 Å². The number of methoxy groups -OCH3 is 2. The third-order valence-electron chi connectivity index (χ3n) is 5.66. The van der Waals surface area contributed by atoms with Crippen molar-refractivity contribution < 1.29 is 38.9 Å². The van der Waals surface area contributed by atoms with Crippen molar-refractivity contribution in [1.29, 1.82) is 0 Å². The number of halogens is 1. The number of rotatable bonds is 5. The van der Waals surface area contributed by atoms with Crippen LogP contribution in [0.4, 0.5) is 5.13 Å². The number of carbonyl (C=O) groups excluding carboxylic acids is 3. The molecule has 2 aromatic carbocycles. The summed E-state index contributed by atoms with van der Waals surface area (Å²) in [6.07, 6.45) is 0. The Morgan fingerprint density at radius 3 is 2.21 bits per heavy atom. The monoisotopic (exact) mass is 572 g/mol. The first-order valence-corrected chi connectivity index (χ1v) is 12.6. The molecule has 0 bridgehead atoms. The van der Waals surface area contributed by atoms with Crippen LogP contribution in [-0.4, -0.2) is 53.0 Å². The Balaban J connectivity index is 0.000000983. The van der Waals surface area contributed by atoms with E-state index in [9.17, 15) is 19.5 Å². The number of nitrogens with zero attached hydrogens (tertiary/aromatic N) is 2. The van der Waals surface area contributed by atoms with Gasteiger partial charge in [-0.1, -0.05) is 35.1 Å². The smallest absolute Gasteiger partial charge is 0.350 e. The number of aromatic nitrogens is 1. The second kappa shape index (κ2) is 12.1. The summed E-state index contributed by atoms with van der Waals surface area (Å²) in [4.78, 5) is 53.4. The Morgan fingerprint density at radius 2 is 1.67 bits per heavy atom. The summed E-state index contributed by atoms with van der Waals surface area (Å²) in [7, 11) is 2.78. The fraction of sp³-hybridized carbons (Fsp3) is 0.222. The lowest BCUT2D eigenvalue weighted by atomic mass is 9.95. The molecule has 0 radical (unpaired) electrons. The maximum absolute atomic E-state index is 13.3. The van der Waals surface area contributed by atoms with Gasteiger partial charge in [0, 0.05) is 17.5 Å². The number of aliphatic carboxylic acids is 1. The number of aliphatic hydroxyl groups is 1. The number of hydrogen-bond acceptors (Lipinski definition) is 9. The van der Waals surface area contributed by atoms with Crippen LogP contribution in [0.25, 0.3) is 5.76 Å². The van der Waals surface area contributed by atoms with Crippen LogP contribution in [0.2, 0.25) is 5.02 Å². The lowest BCUT2D eigenvalue weighted by molar-refractivity contribution is -0.134. The number of esters is 1. The van der Waals surface area contributed by atoms with Crippen molar-refractivity contribution in [3.05, 3.63) is 80.3 Å². The summed E-state index contributed by atoms with van der Waals surface area (Å²) in [6.45, 7) is 4.50. The van der Waals surface area contributed by atoms with E-state index in [-0.39, 0.29) is 21.3 Å². The predicted octanol–water partition coefficient (Wildman–Crippen LogP) is 4.93. The third kappa shape index (κ3) is 6.10. The molecule has 0 spiro atoms. The van der Waals surface area contributed by atoms with Gasteiger partial charge in [-0.3, -0.25) is 19.3 Å². The zero-order chi connectivity index (χ0) is 29.0. The molecule has 1 aliphatic heterocycles. The number of thiazole rings is 1. The van der Waals surface area contributed by atoms with Crippen LogP contribution in [0, 0.1) is 13.8 Å². The van der Waals surface area contributed by atoms with Gasteiger partial charge in [-0.05, 0) is 55.3 Å². The minimum atomic E-state index is -0.995. The molecule has 2 N–H and O–H groups in total. The summed E-state index contributed by atoms with van der Waals surface area (Å²) >= 11 is 7.00. The SMILES string of the molecule is CC(=O)O.COC(=O)c1sc(N2C(=O)C(=O)/C(=C(/O)c3ccc(OC)c(C)c3)C2c2ccc(Cl)cc2)nc1C. The number of aliphatic hydroxyl groups excluding tert-OH is 1. The van der Waals surface area contributed by atoms with Gasteiger partial charge in [0.05, 0.1) is 31.5 Å². The summed E-state index contributed by atoms with van der Waals surface area (Å²) in [5.74, 6) is -2.90. The molecule has 1 amide bonds. The Labute approximate surface area is 233 Å². The molecule has 0 aliphatic carbocycles. The first kappa shape index (κ1) is 29.3. The third-order valence-corrected chi connectivity index (χ3v) is 7.05. The average Bonchev–Trinajstić information content (AvgIpc) is 3.39. The predicted molar refractivity (Wildman–Crippen MR) is 145 cm³/mol. The largest absolute Gasteiger partial charge is 0.507 e. The molecule has 1 aliphatic rings. The standard InChI is InChI=1S/C25H21ClN2O6S.C2H4O2/c1-12-11-15(7-10-17(12)33-3)20(29)18-19(14-5-8-16(26)9-6-14)28(23(31)21(18)30)25-27-13(2)22(35-25)24(32)34-4;1-2(3)4/h5-11,19,29H,1-4H3;1H3,(H,3,4)/b20-18+;. The van der Waals surface area contributed by atoms with E-state index in [2.05, 4.69) is 4.98 Å². The number of benzene rings is 2. The number of ether oxygens (including phenoxy) is 2. The van der Waals surface area contributed by atoms with E-state index in [4.69, 9.17) is 31.0 Å². The number of carboxylic acids is 1. The molecule has 10 nitrogen and oxygen atoms in total. The maximum atomic E-state index is 13.3. The zero-order valence-corrected chi connectivity index (χ0v) is 23.2. The van der Waals surface area contributed by atoms with E-state index in [0.717, 1.165) is 23.8 Å². The van der Waals surface area contributed by atoms with Gasteiger partial charge < -0.3 is 19.7 Å². The molecule has 4 rings (SSSR count). The Hall–Kier alpha value is -4.22. The van der Waals surface area contributed by atoms with Crippen molar-refractivity contribution in [3.63, 3.8) is 0 Å². The zero-order valence-electron chi connectivity index (χ0n) is 21.6. The Kier molecular flexibility index (Phi) is 9.10. The average molecular weight is 573 g/mol. The second-order valence-corrected chi connectivity index (χ2v) is 9.74. The molecule has 39 heavy (non-hydrogen) atoms. The highest BCUT2D eigenvalue weighted by Crippen LogP contribution is 2.44. The van der Waals surface area contributed by atoms with Crippen molar-refractivity contribution >= 4 is 57.5 Å². The Bertz CT molecular complexity index is 1480. The summed E-state index contributed by atoms with van der Waals surface area (Å²) < 4.78 is 10.1. The van der Waals surface area contributed by atoms with Crippen LogP contribution >= 0.6 is 22.9 Å². The van der Waals surface area contributed by atoms with Crippen molar-refractivity contribution in [3.8, 4) is 5.75 Å². The topological polar surface area (TPSA) is 143 Å².